The first-order chi connectivity index (χ1) is 13.3. The Balaban J connectivity index is 1.54. The van der Waals surface area contributed by atoms with Gasteiger partial charge < -0.3 is 15.0 Å². The summed E-state index contributed by atoms with van der Waals surface area (Å²) in [4.78, 5) is 37.2. The highest BCUT2D eigenvalue weighted by molar-refractivity contribution is 6.00. The number of ether oxygens (including phenoxy) is 1. The number of nitrogens with one attached hydrogen (secondary N) is 1. The number of para-hydroxylation sites is 1. The van der Waals surface area contributed by atoms with Gasteiger partial charge in [-0.25, -0.2) is 13.2 Å². The van der Waals surface area contributed by atoms with Crippen molar-refractivity contribution in [2.75, 3.05) is 23.4 Å². The van der Waals surface area contributed by atoms with Crippen molar-refractivity contribution in [1.29, 1.82) is 0 Å². The topological polar surface area (TPSA) is 75.7 Å². The summed E-state index contributed by atoms with van der Waals surface area (Å²) in [5, 5.41) is 2.26. The van der Waals surface area contributed by atoms with Crippen LogP contribution in [-0.4, -0.2) is 30.9 Å². The second-order valence-electron chi connectivity index (χ2n) is 6.14. The third-order valence-electron chi connectivity index (χ3n) is 4.15. The van der Waals surface area contributed by atoms with Crippen LogP contribution in [0.25, 0.3) is 0 Å². The number of esters is 1. The van der Waals surface area contributed by atoms with E-state index in [1.54, 1.807) is 6.07 Å². The highest BCUT2D eigenvalue weighted by Crippen LogP contribution is 2.27. The maximum absolute atomic E-state index is 13.8. The van der Waals surface area contributed by atoms with Crippen LogP contribution in [0.15, 0.2) is 42.5 Å². The lowest BCUT2D eigenvalue weighted by Gasteiger charge is -2.17. The van der Waals surface area contributed by atoms with E-state index in [4.69, 9.17) is 4.74 Å². The molecule has 0 radical (unpaired) electrons. The first kappa shape index (κ1) is 19.4. The van der Waals surface area contributed by atoms with E-state index < -0.39 is 47.8 Å². The number of hydrogen-bond acceptors (Lipinski definition) is 4. The van der Waals surface area contributed by atoms with Gasteiger partial charge in [0.15, 0.2) is 18.2 Å². The highest BCUT2D eigenvalue weighted by atomic mass is 19.2. The number of halogens is 3. The quantitative estimate of drug-likeness (QED) is 0.794. The molecular weight excluding hydrogens is 377 g/mol. The number of carbonyl (C=O) groups excluding carboxylic acids is 3. The molecule has 3 rings (SSSR count). The Kier molecular flexibility index (Phi) is 5.62. The summed E-state index contributed by atoms with van der Waals surface area (Å²) < 4.78 is 44.7. The Hall–Kier alpha value is -3.36. The first-order valence-corrected chi connectivity index (χ1v) is 8.31. The molecule has 1 fully saturated rings. The molecule has 2 amide bonds. The molecule has 28 heavy (non-hydrogen) atoms. The van der Waals surface area contributed by atoms with E-state index in [0.29, 0.717) is 0 Å². The molecule has 9 heteroatoms. The molecule has 2 aromatic rings. The first-order valence-electron chi connectivity index (χ1n) is 8.31. The monoisotopic (exact) mass is 392 g/mol. The average Bonchev–Trinajstić information content (AvgIpc) is 3.05. The number of rotatable bonds is 5. The van der Waals surface area contributed by atoms with Gasteiger partial charge in [-0.15, -0.1) is 0 Å². The Morgan fingerprint density at radius 2 is 1.82 bits per heavy atom. The normalized spacial score (nSPS) is 16.2. The van der Waals surface area contributed by atoms with Crippen LogP contribution >= 0.6 is 0 Å². The summed E-state index contributed by atoms with van der Waals surface area (Å²) in [5.41, 5.74) is 0.0700. The number of amides is 2. The van der Waals surface area contributed by atoms with Gasteiger partial charge in [0.05, 0.1) is 11.6 Å². The summed E-state index contributed by atoms with van der Waals surface area (Å²) in [6.45, 7) is -0.731. The Bertz CT molecular complexity index is 935. The van der Waals surface area contributed by atoms with Crippen LogP contribution in [0, 0.1) is 23.4 Å². The minimum absolute atomic E-state index is 0.00159. The number of anilines is 2. The molecule has 1 saturated heterocycles. The summed E-state index contributed by atoms with van der Waals surface area (Å²) in [7, 11) is 0. The van der Waals surface area contributed by atoms with Crippen LogP contribution in [0.4, 0.5) is 24.5 Å². The van der Waals surface area contributed by atoms with Gasteiger partial charge in [-0.1, -0.05) is 12.1 Å². The molecule has 0 bridgehead atoms. The maximum Gasteiger partial charge on any atom is 0.311 e. The molecule has 0 aromatic heterocycles. The lowest BCUT2D eigenvalue weighted by Crippen LogP contribution is -2.28. The number of carbonyl (C=O) groups is 3. The van der Waals surface area contributed by atoms with E-state index in [2.05, 4.69) is 5.32 Å². The van der Waals surface area contributed by atoms with Crippen LogP contribution in [0.1, 0.15) is 6.42 Å². The average molecular weight is 392 g/mol. The van der Waals surface area contributed by atoms with E-state index in [1.807, 2.05) is 0 Å². The van der Waals surface area contributed by atoms with Crippen molar-refractivity contribution in [3.63, 3.8) is 0 Å². The lowest BCUT2D eigenvalue weighted by atomic mass is 10.1. The van der Waals surface area contributed by atoms with Crippen LogP contribution in [-0.2, 0) is 19.1 Å². The van der Waals surface area contributed by atoms with Crippen molar-refractivity contribution in [3.8, 4) is 0 Å². The maximum atomic E-state index is 13.8. The fourth-order valence-electron chi connectivity index (χ4n) is 2.79. The number of benzene rings is 2. The molecule has 6 nitrogen and oxygen atoms in total. The van der Waals surface area contributed by atoms with Gasteiger partial charge >= 0.3 is 5.97 Å². The standard InChI is InChI=1S/C19H15F3N2O4/c20-13-6-5-12(8-15(13)22)23-17(25)10-28-19(27)11-7-18(26)24(9-11)16-4-2-1-3-14(16)21/h1-6,8,11H,7,9-10H2,(H,23,25)/t11-/m0/s1. The van der Waals surface area contributed by atoms with Gasteiger partial charge in [-0.05, 0) is 24.3 Å². The molecule has 1 aliphatic rings. The van der Waals surface area contributed by atoms with Gasteiger partial charge in [0.2, 0.25) is 5.91 Å². The third kappa shape index (κ3) is 4.30. The number of nitrogens with zero attached hydrogens (tertiary/aromatic N) is 1. The molecular formula is C19H15F3N2O4. The molecule has 1 heterocycles. The third-order valence-corrected chi connectivity index (χ3v) is 4.15. The summed E-state index contributed by atoms with van der Waals surface area (Å²) >= 11 is 0. The minimum Gasteiger partial charge on any atom is -0.455 e. The second kappa shape index (κ2) is 8.12. The largest absolute Gasteiger partial charge is 0.455 e. The molecule has 0 aliphatic carbocycles. The van der Waals surface area contributed by atoms with Crippen molar-refractivity contribution in [1.82, 2.24) is 0 Å². The van der Waals surface area contributed by atoms with Crippen molar-refractivity contribution in [2.24, 2.45) is 5.92 Å². The molecule has 1 atom stereocenters. The molecule has 146 valence electrons. The van der Waals surface area contributed by atoms with Gasteiger partial charge in [-0.3, -0.25) is 14.4 Å². The second-order valence-corrected chi connectivity index (χ2v) is 6.14. The van der Waals surface area contributed by atoms with Gasteiger partial charge in [0.1, 0.15) is 5.82 Å². The Labute approximate surface area is 157 Å². The zero-order valence-electron chi connectivity index (χ0n) is 14.5. The zero-order chi connectivity index (χ0) is 20.3. The van der Waals surface area contributed by atoms with Crippen LogP contribution in [0.3, 0.4) is 0 Å². The fourth-order valence-corrected chi connectivity index (χ4v) is 2.79. The highest BCUT2D eigenvalue weighted by Gasteiger charge is 2.37. The molecule has 2 aromatic carbocycles. The molecule has 0 saturated carbocycles. The number of hydrogen-bond donors (Lipinski definition) is 1. The smallest absolute Gasteiger partial charge is 0.311 e. The van der Waals surface area contributed by atoms with Crippen LogP contribution in [0.5, 0.6) is 0 Å². The fraction of sp³-hybridized carbons (Fsp3) is 0.211. The van der Waals surface area contributed by atoms with Crippen molar-refractivity contribution in [2.45, 2.75) is 6.42 Å². The van der Waals surface area contributed by atoms with Gasteiger partial charge in [-0.2, -0.15) is 0 Å². The van der Waals surface area contributed by atoms with E-state index >= 15 is 0 Å². The van der Waals surface area contributed by atoms with E-state index in [0.717, 1.165) is 23.1 Å². The van der Waals surface area contributed by atoms with Crippen LogP contribution in [0.2, 0.25) is 0 Å². The lowest BCUT2D eigenvalue weighted by molar-refractivity contribution is -0.151. The Morgan fingerprint density at radius 3 is 2.54 bits per heavy atom. The molecule has 1 aliphatic heterocycles. The predicted molar refractivity (Wildman–Crippen MR) is 92.8 cm³/mol. The zero-order valence-corrected chi connectivity index (χ0v) is 14.5. The van der Waals surface area contributed by atoms with Crippen molar-refractivity contribution >= 4 is 29.2 Å². The Morgan fingerprint density at radius 1 is 1.07 bits per heavy atom. The van der Waals surface area contributed by atoms with E-state index in [1.165, 1.54) is 18.2 Å². The SMILES string of the molecule is O=C(COC(=O)[C@H]1CC(=O)N(c2ccccc2F)C1)Nc1ccc(F)c(F)c1. The van der Waals surface area contributed by atoms with Crippen molar-refractivity contribution in [3.05, 3.63) is 59.9 Å². The summed E-state index contributed by atoms with van der Waals surface area (Å²) in [5.74, 6) is -5.60. The van der Waals surface area contributed by atoms with Crippen LogP contribution < -0.4 is 10.2 Å². The summed E-state index contributed by atoms with van der Waals surface area (Å²) in [6, 6.07) is 8.47. The molecule has 1 N–H and O–H groups in total. The van der Waals surface area contributed by atoms with E-state index in [-0.39, 0.29) is 24.3 Å². The van der Waals surface area contributed by atoms with Gasteiger partial charge in [0.25, 0.3) is 5.91 Å². The van der Waals surface area contributed by atoms with Gasteiger partial charge in [0, 0.05) is 24.7 Å². The predicted octanol–water partition coefficient (Wildman–Crippen LogP) is 2.64. The summed E-state index contributed by atoms with van der Waals surface area (Å²) in [6.07, 6.45) is -0.169. The minimum atomic E-state index is -1.13. The molecule has 0 spiro atoms. The van der Waals surface area contributed by atoms with E-state index in [9.17, 15) is 27.6 Å². The van der Waals surface area contributed by atoms with Crippen molar-refractivity contribution < 1.29 is 32.3 Å². The molecule has 0 unspecified atom stereocenters.